The molecule has 0 spiro atoms. The summed E-state index contributed by atoms with van der Waals surface area (Å²) in [6, 6.07) is 33.6. The number of Topliss-reactive ketones (excluding diaryl/α,β-unsaturated/α-hetero) is 1. The van der Waals surface area contributed by atoms with E-state index in [0.717, 1.165) is 11.1 Å². The number of hydrogen-bond acceptors (Lipinski definition) is 4. The Morgan fingerprint density at radius 3 is 1.73 bits per heavy atom. The summed E-state index contributed by atoms with van der Waals surface area (Å²) >= 11 is 0. The molecule has 0 saturated carbocycles. The molecule has 4 rings (SSSR count). The normalized spacial score (nSPS) is 14.8. The zero-order chi connectivity index (χ0) is 26.5. The maximum Gasteiger partial charge on any atom is 0.290 e. The van der Waals surface area contributed by atoms with Gasteiger partial charge in [0.25, 0.3) is 10.0 Å². The van der Waals surface area contributed by atoms with E-state index in [4.69, 9.17) is 0 Å². The first kappa shape index (κ1) is 26.5. The third-order valence-electron chi connectivity index (χ3n) is 6.26. The van der Waals surface area contributed by atoms with Crippen molar-refractivity contribution >= 4 is 25.5 Å². The minimum Gasteiger partial charge on any atom is -0.294 e. The number of sulfonamides is 1. The summed E-state index contributed by atoms with van der Waals surface area (Å²) in [4.78, 5) is 13.4. The molecule has 0 amide bonds. The van der Waals surface area contributed by atoms with Gasteiger partial charge in [-0.3, -0.25) is 4.79 Å². The molecule has 0 aliphatic rings. The first-order valence-corrected chi connectivity index (χ1v) is 15.3. The van der Waals surface area contributed by atoms with Crippen LogP contribution < -0.4 is 0 Å². The van der Waals surface area contributed by atoms with Crippen molar-refractivity contribution in [1.82, 2.24) is 0 Å². The Kier molecular flexibility index (Phi) is 8.05. The molecule has 0 N–H and O–H groups in total. The lowest BCUT2D eigenvalue weighted by Gasteiger charge is -2.29. The van der Waals surface area contributed by atoms with Gasteiger partial charge in [0.05, 0.1) is 19.9 Å². The van der Waals surface area contributed by atoms with Gasteiger partial charge in [-0.2, -0.15) is 8.42 Å². The van der Waals surface area contributed by atoms with Gasteiger partial charge in [-0.1, -0.05) is 109 Å². The zero-order valence-electron chi connectivity index (χ0n) is 20.7. The predicted octanol–water partition coefficient (Wildman–Crippen LogP) is 6.58. The first-order chi connectivity index (χ1) is 17.7. The number of nitrogens with zero attached hydrogens (tertiary/aromatic N) is 1. The van der Waals surface area contributed by atoms with Crippen LogP contribution in [-0.2, 0) is 19.8 Å². The van der Waals surface area contributed by atoms with Crippen molar-refractivity contribution in [3.63, 3.8) is 0 Å². The highest BCUT2D eigenvalue weighted by atomic mass is 32.3. The van der Waals surface area contributed by atoms with Crippen LogP contribution in [-0.4, -0.2) is 24.7 Å². The maximum atomic E-state index is 14.4. The molecule has 4 aromatic rings. The summed E-state index contributed by atoms with van der Waals surface area (Å²) in [5.74, 6) is -0.697. The van der Waals surface area contributed by atoms with E-state index in [-0.39, 0.29) is 17.1 Å². The van der Waals surface area contributed by atoms with Crippen molar-refractivity contribution in [3.05, 3.63) is 138 Å². The van der Waals surface area contributed by atoms with E-state index >= 15 is 0 Å². The van der Waals surface area contributed by atoms with E-state index < -0.39 is 30.9 Å². The zero-order valence-corrected chi connectivity index (χ0v) is 22.4. The lowest BCUT2D eigenvalue weighted by atomic mass is 9.86. The predicted molar refractivity (Wildman–Crippen MR) is 149 cm³/mol. The fourth-order valence-electron chi connectivity index (χ4n) is 4.47. The van der Waals surface area contributed by atoms with Crippen molar-refractivity contribution < 1.29 is 17.4 Å². The molecular formula is C30H29NO4S2. The van der Waals surface area contributed by atoms with E-state index in [1.165, 1.54) is 18.4 Å². The van der Waals surface area contributed by atoms with E-state index in [1.54, 1.807) is 36.4 Å². The third-order valence-corrected chi connectivity index (χ3v) is 10.6. The molecule has 0 heterocycles. The second kappa shape index (κ2) is 11.2. The van der Waals surface area contributed by atoms with Crippen LogP contribution in [0.4, 0.5) is 0 Å². The van der Waals surface area contributed by atoms with Gasteiger partial charge >= 0.3 is 0 Å². The van der Waals surface area contributed by atoms with Crippen LogP contribution in [0.25, 0.3) is 0 Å². The van der Waals surface area contributed by atoms with Crippen molar-refractivity contribution in [2.45, 2.75) is 29.4 Å². The van der Waals surface area contributed by atoms with Crippen LogP contribution in [0.5, 0.6) is 0 Å². The molecule has 0 aliphatic carbocycles. The molecule has 0 radical (unpaired) electrons. The highest BCUT2D eigenvalue weighted by Gasteiger charge is 2.35. The van der Waals surface area contributed by atoms with E-state index in [0.29, 0.717) is 11.1 Å². The van der Waals surface area contributed by atoms with E-state index in [1.807, 2.05) is 73.7 Å². The number of aryl methyl sites for hydroxylation is 1. The lowest BCUT2D eigenvalue weighted by molar-refractivity contribution is 0.0973. The standard InChI is InChI=1S/C30H29NO4S2/c1-23-18-20-27(21-19-23)37(34,35)31-36(2,33)30(26-16-10-5-11-17-26)28(24-12-6-3-7-13-24)22-29(32)25-14-8-4-9-15-25/h3-21,28,30H,22H2,1-2H3/t28-,30+,36?/m0/s1. The van der Waals surface area contributed by atoms with Crippen LogP contribution >= 0.6 is 0 Å². The number of hydrogen-bond donors (Lipinski definition) is 0. The number of carbonyl (C=O) groups is 1. The first-order valence-electron chi connectivity index (χ1n) is 11.9. The molecular weight excluding hydrogens is 502 g/mol. The fraction of sp³-hybridized carbons (Fsp3) is 0.167. The molecule has 0 fully saturated rings. The van der Waals surface area contributed by atoms with E-state index in [9.17, 15) is 17.4 Å². The summed E-state index contributed by atoms with van der Waals surface area (Å²) in [7, 11) is -7.65. The second-order valence-corrected chi connectivity index (χ2v) is 13.3. The average Bonchev–Trinajstić information content (AvgIpc) is 2.89. The van der Waals surface area contributed by atoms with E-state index in [2.05, 4.69) is 3.77 Å². The third kappa shape index (κ3) is 6.42. The minimum atomic E-state index is -4.22. The summed E-state index contributed by atoms with van der Waals surface area (Å²) in [5.41, 5.74) is 2.90. The summed E-state index contributed by atoms with van der Waals surface area (Å²) in [5, 5.41) is -0.857. The van der Waals surface area contributed by atoms with Crippen molar-refractivity contribution in [1.29, 1.82) is 0 Å². The van der Waals surface area contributed by atoms with Gasteiger partial charge in [-0.05, 0) is 30.2 Å². The Hall–Kier alpha value is -3.55. The Balaban J connectivity index is 1.89. The quantitative estimate of drug-likeness (QED) is 0.229. The van der Waals surface area contributed by atoms with Crippen molar-refractivity contribution in [3.8, 4) is 0 Å². The molecule has 37 heavy (non-hydrogen) atoms. The smallest absolute Gasteiger partial charge is 0.290 e. The second-order valence-electron chi connectivity index (χ2n) is 9.07. The van der Waals surface area contributed by atoms with Crippen LogP contribution in [0.1, 0.15) is 44.6 Å². The molecule has 7 heteroatoms. The molecule has 1 unspecified atom stereocenters. The molecule has 3 atom stereocenters. The maximum absolute atomic E-state index is 14.4. The highest BCUT2D eigenvalue weighted by molar-refractivity contribution is 8.03. The van der Waals surface area contributed by atoms with Gasteiger partial charge < -0.3 is 0 Å². The van der Waals surface area contributed by atoms with Gasteiger partial charge in [-0.15, -0.1) is 3.77 Å². The van der Waals surface area contributed by atoms with Crippen LogP contribution in [0.15, 0.2) is 124 Å². The molecule has 0 bridgehead atoms. The summed E-state index contributed by atoms with van der Waals surface area (Å²) in [6.07, 6.45) is 1.41. The average molecular weight is 532 g/mol. The summed E-state index contributed by atoms with van der Waals surface area (Å²) < 4.78 is 45.0. The number of rotatable bonds is 9. The number of ketones is 1. The topological polar surface area (TPSA) is 80.6 Å². The Bertz CT molecular complexity index is 1580. The number of carbonyl (C=O) groups excluding carboxylic acids is 1. The fourth-order valence-corrected chi connectivity index (χ4v) is 8.75. The van der Waals surface area contributed by atoms with Gasteiger partial charge in [0.15, 0.2) is 5.78 Å². The monoisotopic (exact) mass is 531 g/mol. The highest BCUT2D eigenvalue weighted by Crippen LogP contribution is 2.41. The van der Waals surface area contributed by atoms with Crippen molar-refractivity contribution in [2.75, 3.05) is 6.26 Å². The van der Waals surface area contributed by atoms with Crippen LogP contribution in [0, 0.1) is 6.92 Å². The lowest BCUT2D eigenvalue weighted by Crippen LogP contribution is -2.23. The summed E-state index contributed by atoms with van der Waals surface area (Å²) in [6.45, 7) is 1.86. The largest absolute Gasteiger partial charge is 0.294 e. The van der Waals surface area contributed by atoms with Crippen LogP contribution in [0.2, 0.25) is 0 Å². The van der Waals surface area contributed by atoms with Crippen LogP contribution in [0.3, 0.4) is 0 Å². The molecule has 0 aromatic heterocycles. The van der Waals surface area contributed by atoms with Gasteiger partial charge in [-0.25, -0.2) is 4.21 Å². The Morgan fingerprint density at radius 2 is 1.19 bits per heavy atom. The molecule has 0 aliphatic heterocycles. The van der Waals surface area contributed by atoms with Crippen molar-refractivity contribution in [2.24, 2.45) is 3.77 Å². The Labute approximate surface area is 219 Å². The van der Waals surface area contributed by atoms with Gasteiger partial charge in [0.2, 0.25) is 0 Å². The SMILES string of the molecule is Cc1ccc(S(=O)(=O)N=S(C)(=O)[C@H](c2ccccc2)[C@@H](CC(=O)c2ccccc2)c2ccccc2)cc1. The Morgan fingerprint density at radius 1 is 0.703 bits per heavy atom. The number of benzene rings is 4. The molecule has 4 aromatic carbocycles. The van der Waals surface area contributed by atoms with Gasteiger partial charge in [0.1, 0.15) is 0 Å². The molecule has 190 valence electrons. The molecule has 5 nitrogen and oxygen atoms in total. The molecule has 0 saturated heterocycles. The minimum absolute atomic E-state index is 0.0175. The van der Waals surface area contributed by atoms with Gasteiger partial charge in [0, 0.05) is 24.2 Å².